The van der Waals surface area contributed by atoms with E-state index >= 15 is 0 Å². The number of aryl methyl sites for hydroxylation is 2. The summed E-state index contributed by atoms with van der Waals surface area (Å²) in [6.45, 7) is 0. The maximum absolute atomic E-state index is 5.66. The lowest BCUT2D eigenvalue weighted by atomic mass is 10.1. The summed E-state index contributed by atoms with van der Waals surface area (Å²) in [5.74, 6) is 1.35. The van der Waals surface area contributed by atoms with Gasteiger partial charge in [0.15, 0.2) is 5.82 Å². The molecule has 0 unspecified atom stereocenters. The molecule has 0 saturated heterocycles. The first kappa shape index (κ1) is 13.3. The van der Waals surface area contributed by atoms with Crippen molar-refractivity contribution in [2.24, 2.45) is 0 Å². The fraction of sp³-hybridized carbons (Fsp3) is 0.188. The number of nitrogen functional groups attached to an aromatic ring is 1. The van der Waals surface area contributed by atoms with E-state index in [0.717, 1.165) is 24.1 Å². The van der Waals surface area contributed by atoms with E-state index in [1.54, 1.807) is 6.20 Å². The zero-order valence-corrected chi connectivity index (χ0v) is 11.6. The van der Waals surface area contributed by atoms with E-state index in [2.05, 4.69) is 15.1 Å². The van der Waals surface area contributed by atoms with Crippen LogP contribution in [-0.4, -0.2) is 15.1 Å². The summed E-state index contributed by atoms with van der Waals surface area (Å²) in [6.07, 6.45) is 5.78. The van der Waals surface area contributed by atoms with Crippen molar-refractivity contribution in [3.8, 4) is 0 Å². The van der Waals surface area contributed by atoms with Crippen LogP contribution in [0.3, 0.4) is 0 Å². The molecule has 0 amide bonds. The number of anilines is 1. The average molecular weight is 280 g/mol. The van der Waals surface area contributed by atoms with Crippen molar-refractivity contribution in [1.29, 1.82) is 0 Å². The molecule has 3 aromatic rings. The van der Waals surface area contributed by atoms with Gasteiger partial charge in [0.05, 0.1) is 0 Å². The zero-order valence-electron chi connectivity index (χ0n) is 11.6. The summed E-state index contributed by atoms with van der Waals surface area (Å²) in [7, 11) is 0. The number of nitrogens with two attached hydrogens (primary N) is 1. The molecule has 2 N–H and O–H groups in total. The standard InChI is InChI=1S/C16H16N4O/c17-14-6-3-12(4-7-14)5-8-16-19-15(20-21-16)10-13-2-1-9-18-11-13/h1-4,6-7,9,11H,5,8,10,17H2. The van der Waals surface area contributed by atoms with Crippen molar-refractivity contribution in [3.05, 3.63) is 71.6 Å². The van der Waals surface area contributed by atoms with Crippen LogP contribution in [-0.2, 0) is 19.3 Å². The van der Waals surface area contributed by atoms with Gasteiger partial charge in [-0.05, 0) is 35.7 Å². The Morgan fingerprint density at radius 1 is 1.00 bits per heavy atom. The molecule has 5 heteroatoms. The van der Waals surface area contributed by atoms with Gasteiger partial charge in [0.1, 0.15) is 0 Å². The molecule has 0 aliphatic carbocycles. The summed E-state index contributed by atoms with van der Waals surface area (Å²) in [6, 6.07) is 11.7. The van der Waals surface area contributed by atoms with Gasteiger partial charge in [-0.3, -0.25) is 4.98 Å². The van der Waals surface area contributed by atoms with E-state index in [9.17, 15) is 0 Å². The van der Waals surface area contributed by atoms with Crippen LogP contribution >= 0.6 is 0 Å². The lowest BCUT2D eigenvalue weighted by Gasteiger charge is -1.98. The lowest BCUT2D eigenvalue weighted by molar-refractivity contribution is 0.373. The quantitative estimate of drug-likeness (QED) is 0.726. The molecule has 0 saturated carbocycles. The number of aromatic nitrogens is 3. The third-order valence-electron chi connectivity index (χ3n) is 3.20. The highest BCUT2D eigenvalue weighted by Gasteiger charge is 2.07. The largest absolute Gasteiger partial charge is 0.399 e. The topological polar surface area (TPSA) is 77.8 Å². The normalized spacial score (nSPS) is 10.7. The van der Waals surface area contributed by atoms with Crippen LogP contribution in [0.15, 0.2) is 53.3 Å². The van der Waals surface area contributed by atoms with Crippen molar-refractivity contribution < 1.29 is 4.52 Å². The van der Waals surface area contributed by atoms with Crippen LogP contribution < -0.4 is 5.73 Å². The molecule has 106 valence electrons. The molecule has 0 aliphatic heterocycles. The first-order chi connectivity index (χ1) is 10.3. The fourth-order valence-electron chi connectivity index (χ4n) is 2.08. The van der Waals surface area contributed by atoms with Crippen LogP contribution in [0.5, 0.6) is 0 Å². The number of rotatable bonds is 5. The van der Waals surface area contributed by atoms with Gasteiger partial charge in [0.25, 0.3) is 0 Å². The maximum atomic E-state index is 5.66. The Bertz CT molecular complexity index is 692. The van der Waals surface area contributed by atoms with Crippen molar-refractivity contribution in [1.82, 2.24) is 15.1 Å². The average Bonchev–Trinajstić information content (AvgIpc) is 2.95. The molecule has 2 aromatic heterocycles. The second kappa shape index (κ2) is 6.17. The fourth-order valence-corrected chi connectivity index (χ4v) is 2.08. The van der Waals surface area contributed by atoms with E-state index in [1.807, 2.05) is 42.6 Å². The van der Waals surface area contributed by atoms with Gasteiger partial charge >= 0.3 is 0 Å². The molecule has 3 rings (SSSR count). The summed E-state index contributed by atoms with van der Waals surface area (Å²) in [5.41, 5.74) is 8.72. The monoisotopic (exact) mass is 280 g/mol. The molecule has 1 aromatic carbocycles. The third-order valence-corrected chi connectivity index (χ3v) is 3.20. The first-order valence-corrected chi connectivity index (χ1v) is 6.84. The number of hydrogen-bond acceptors (Lipinski definition) is 5. The molecule has 5 nitrogen and oxygen atoms in total. The Hall–Kier alpha value is -2.69. The Balaban J connectivity index is 1.59. The molecule has 0 aliphatic rings. The van der Waals surface area contributed by atoms with E-state index in [1.165, 1.54) is 5.56 Å². The summed E-state index contributed by atoms with van der Waals surface area (Å²) in [5, 5.41) is 4.00. The number of benzene rings is 1. The maximum Gasteiger partial charge on any atom is 0.226 e. The van der Waals surface area contributed by atoms with Gasteiger partial charge in [0.2, 0.25) is 5.89 Å². The Morgan fingerprint density at radius 3 is 2.62 bits per heavy atom. The van der Waals surface area contributed by atoms with E-state index < -0.39 is 0 Å². The molecule has 21 heavy (non-hydrogen) atoms. The van der Waals surface area contributed by atoms with Gasteiger partial charge in [0, 0.05) is 30.9 Å². The summed E-state index contributed by atoms with van der Waals surface area (Å²) >= 11 is 0. The summed E-state index contributed by atoms with van der Waals surface area (Å²) < 4.78 is 5.28. The van der Waals surface area contributed by atoms with Crippen LogP contribution in [0.25, 0.3) is 0 Å². The molecular formula is C16H16N4O. The second-order valence-corrected chi connectivity index (χ2v) is 4.88. The van der Waals surface area contributed by atoms with Gasteiger partial charge in [-0.1, -0.05) is 23.4 Å². The minimum Gasteiger partial charge on any atom is -0.399 e. The van der Waals surface area contributed by atoms with E-state index in [-0.39, 0.29) is 0 Å². The van der Waals surface area contributed by atoms with E-state index in [4.69, 9.17) is 10.3 Å². The predicted octanol–water partition coefficient (Wildman–Crippen LogP) is 2.42. The molecule has 0 atom stereocenters. The minimum absolute atomic E-state index is 0.638. The van der Waals surface area contributed by atoms with E-state index in [0.29, 0.717) is 18.1 Å². The smallest absolute Gasteiger partial charge is 0.226 e. The highest BCUT2D eigenvalue weighted by atomic mass is 16.5. The second-order valence-electron chi connectivity index (χ2n) is 4.88. The zero-order chi connectivity index (χ0) is 14.5. The Kier molecular flexibility index (Phi) is 3.91. The van der Waals surface area contributed by atoms with Gasteiger partial charge in [-0.25, -0.2) is 0 Å². The summed E-state index contributed by atoms with van der Waals surface area (Å²) in [4.78, 5) is 8.48. The molecule has 0 radical (unpaired) electrons. The van der Waals surface area contributed by atoms with Gasteiger partial charge in [-0.2, -0.15) is 4.98 Å². The van der Waals surface area contributed by atoms with Crippen LogP contribution in [0.1, 0.15) is 22.8 Å². The lowest BCUT2D eigenvalue weighted by Crippen LogP contribution is -1.94. The van der Waals surface area contributed by atoms with Crippen LogP contribution in [0, 0.1) is 0 Å². The molecule has 0 spiro atoms. The minimum atomic E-state index is 0.638. The van der Waals surface area contributed by atoms with Gasteiger partial charge in [-0.15, -0.1) is 0 Å². The predicted molar refractivity (Wildman–Crippen MR) is 79.6 cm³/mol. The first-order valence-electron chi connectivity index (χ1n) is 6.84. The van der Waals surface area contributed by atoms with Crippen molar-refractivity contribution in [3.63, 3.8) is 0 Å². The highest BCUT2D eigenvalue weighted by molar-refractivity contribution is 5.39. The highest BCUT2D eigenvalue weighted by Crippen LogP contribution is 2.10. The SMILES string of the molecule is Nc1ccc(CCc2nc(Cc3cccnc3)no2)cc1. The molecular weight excluding hydrogens is 264 g/mol. The van der Waals surface area contributed by atoms with Crippen LogP contribution in [0.2, 0.25) is 0 Å². The number of nitrogens with zero attached hydrogens (tertiary/aromatic N) is 3. The number of hydrogen-bond donors (Lipinski definition) is 1. The van der Waals surface area contributed by atoms with Crippen molar-refractivity contribution in [2.45, 2.75) is 19.3 Å². The Labute approximate surface area is 122 Å². The number of pyridine rings is 1. The Morgan fingerprint density at radius 2 is 1.86 bits per heavy atom. The molecule has 0 bridgehead atoms. The third kappa shape index (κ3) is 3.66. The van der Waals surface area contributed by atoms with Gasteiger partial charge < -0.3 is 10.3 Å². The molecule has 0 fully saturated rings. The van der Waals surface area contributed by atoms with Crippen molar-refractivity contribution in [2.75, 3.05) is 5.73 Å². The van der Waals surface area contributed by atoms with Crippen molar-refractivity contribution >= 4 is 5.69 Å². The molecule has 2 heterocycles. The van der Waals surface area contributed by atoms with Crippen LogP contribution in [0.4, 0.5) is 5.69 Å².